The van der Waals surface area contributed by atoms with Crippen molar-refractivity contribution in [2.75, 3.05) is 26.2 Å². The quantitative estimate of drug-likeness (QED) is 0.314. The topological polar surface area (TPSA) is 6.48 Å². The molecule has 0 aromatic rings. The summed E-state index contributed by atoms with van der Waals surface area (Å²) >= 11 is 7.55. The Morgan fingerprint density at radius 3 is 1.48 bits per heavy atom. The zero-order valence-corrected chi connectivity index (χ0v) is 16.3. The van der Waals surface area contributed by atoms with Gasteiger partial charge in [0.2, 0.25) is 0 Å². The Morgan fingerprint density at radius 1 is 0.714 bits per heavy atom. The van der Waals surface area contributed by atoms with Gasteiger partial charge in [0, 0.05) is 26.2 Å². The minimum Gasteiger partial charge on any atom is -0.356 e. The lowest BCUT2D eigenvalue weighted by atomic mass is 10.3. The molecule has 0 aromatic carbocycles. The van der Waals surface area contributed by atoms with E-state index < -0.39 is 0 Å². The van der Waals surface area contributed by atoms with E-state index in [2.05, 4.69) is 36.9 Å². The van der Waals surface area contributed by atoms with E-state index in [1.165, 1.54) is 51.4 Å². The van der Waals surface area contributed by atoms with Crippen LogP contribution in [0.1, 0.15) is 79.1 Å². The van der Waals surface area contributed by atoms with Gasteiger partial charge in [0.1, 0.15) is 0 Å². The van der Waals surface area contributed by atoms with Crippen LogP contribution in [0, 0.1) is 0 Å². The molecule has 0 radical (unpaired) electrons. The molecule has 0 rings (SSSR count). The summed E-state index contributed by atoms with van der Waals surface area (Å²) in [6.07, 6.45) is 10.0. The predicted molar refractivity (Wildman–Crippen MR) is 103 cm³/mol. The summed E-state index contributed by atoms with van der Waals surface area (Å²) in [6.45, 7) is 13.6. The molecule has 0 aliphatic carbocycles. The van der Waals surface area contributed by atoms with Crippen molar-refractivity contribution < 1.29 is 0 Å². The van der Waals surface area contributed by atoms with E-state index in [1.54, 1.807) is 0 Å². The molecule has 0 amide bonds. The SMILES string of the molecule is CCCCN(CCCC)SC(=S)N(CCCC)CCCC. The van der Waals surface area contributed by atoms with Gasteiger partial charge in [-0.2, -0.15) is 0 Å². The van der Waals surface area contributed by atoms with Crippen molar-refractivity contribution in [2.24, 2.45) is 0 Å². The first-order valence-corrected chi connectivity index (χ1v) is 10.1. The van der Waals surface area contributed by atoms with Crippen molar-refractivity contribution in [1.29, 1.82) is 0 Å². The summed E-state index contributed by atoms with van der Waals surface area (Å²) in [4.78, 5) is 2.43. The fraction of sp³-hybridized carbons (Fsp3) is 0.941. The van der Waals surface area contributed by atoms with Gasteiger partial charge in [0.15, 0.2) is 4.32 Å². The van der Waals surface area contributed by atoms with Crippen molar-refractivity contribution in [3.05, 3.63) is 0 Å². The maximum Gasteiger partial charge on any atom is 0.151 e. The van der Waals surface area contributed by atoms with Gasteiger partial charge in [0.25, 0.3) is 0 Å². The lowest BCUT2D eigenvalue weighted by molar-refractivity contribution is 0.406. The summed E-state index contributed by atoms with van der Waals surface area (Å²) in [5.41, 5.74) is 0. The monoisotopic (exact) mass is 332 g/mol. The third kappa shape index (κ3) is 11.4. The van der Waals surface area contributed by atoms with Crippen LogP contribution in [-0.4, -0.2) is 39.7 Å². The van der Waals surface area contributed by atoms with E-state index in [-0.39, 0.29) is 0 Å². The Labute approximate surface area is 143 Å². The standard InChI is InChI=1S/C17H36N2S2/c1-5-9-13-18(14-10-6-2)17(20)21-19(15-11-7-3)16-12-8-4/h5-16H2,1-4H3. The molecule has 21 heavy (non-hydrogen) atoms. The van der Waals surface area contributed by atoms with Crippen LogP contribution in [0.3, 0.4) is 0 Å². The highest BCUT2D eigenvalue weighted by atomic mass is 32.2. The summed E-state index contributed by atoms with van der Waals surface area (Å²) in [6, 6.07) is 0. The van der Waals surface area contributed by atoms with Crippen LogP contribution in [0.25, 0.3) is 0 Å². The zero-order valence-electron chi connectivity index (χ0n) is 14.7. The average Bonchev–Trinajstić information content (AvgIpc) is 2.49. The molecule has 0 aliphatic rings. The first-order chi connectivity index (χ1) is 10.2. The van der Waals surface area contributed by atoms with Crippen LogP contribution >= 0.6 is 24.2 Å². The molecule has 0 unspecified atom stereocenters. The van der Waals surface area contributed by atoms with Gasteiger partial charge in [-0.3, -0.25) is 0 Å². The molecule has 0 spiro atoms. The molecule has 0 N–H and O–H groups in total. The molecule has 0 fully saturated rings. The second-order valence-corrected chi connectivity index (χ2v) is 7.42. The first kappa shape index (κ1) is 21.2. The second-order valence-electron chi connectivity index (χ2n) is 5.69. The molecule has 0 aromatic heterocycles. The molecule has 0 saturated carbocycles. The number of unbranched alkanes of at least 4 members (excludes halogenated alkanes) is 4. The smallest absolute Gasteiger partial charge is 0.151 e. The maximum absolute atomic E-state index is 5.73. The van der Waals surface area contributed by atoms with E-state index in [0.29, 0.717) is 0 Å². The average molecular weight is 333 g/mol. The Balaban J connectivity index is 4.40. The minimum absolute atomic E-state index is 1.09. The van der Waals surface area contributed by atoms with E-state index in [4.69, 9.17) is 12.2 Å². The Morgan fingerprint density at radius 2 is 1.10 bits per heavy atom. The van der Waals surface area contributed by atoms with Crippen LogP contribution < -0.4 is 0 Å². The number of thiocarbonyl (C=S) groups is 1. The lowest BCUT2D eigenvalue weighted by Crippen LogP contribution is -2.33. The minimum atomic E-state index is 1.09. The number of nitrogens with zero attached hydrogens (tertiary/aromatic N) is 2. The van der Waals surface area contributed by atoms with Crippen LogP contribution in [0.5, 0.6) is 0 Å². The zero-order chi connectivity index (χ0) is 15.9. The molecule has 126 valence electrons. The van der Waals surface area contributed by atoms with Crippen LogP contribution in [0.15, 0.2) is 0 Å². The summed E-state index contributed by atoms with van der Waals surface area (Å²) in [5, 5.41) is 0. The van der Waals surface area contributed by atoms with E-state index in [0.717, 1.165) is 30.5 Å². The van der Waals surface area contributed by atoms with Crippen molar-refractivity contribution in [1.82, 2.24) is 9.21 Å². The third-order valence-electron chi connectivity index (χ3n) is 3.55. The fourth-order valence-corrected chi connectivity index (χ4v) is 3.49. The Hall–Kier alpha value is 0.200. The van der Waals surface area contributed by atoms with Gasteiger partial charge in [-0.15, -0.1) is 0 Å². The fourth-order valence-electron chi connectivity index (χ4n) is 2.03. The molecule has 0 atom stereocenters. The predicted octanol–water partition coefficient (Wildman–Crippen LogP) is 5.72. The molecule has 2 nitrogen and oxygen atoms in total. The van der Waals surface area contributed by atoms with Crippen LogP contribution in [-0.2, 0) is 0 Å². The summed E-state index contributed by atoms with van der Waals surface area (Å²) in [5.74, 6) is 0. The van der Waals surface area contributed by atoms with Gasteiger partial charge in [-0.05, 0) is 37.6 Å². The molecular formula is C17H36N2S2. The van der Waals surface area contributed by atoms with E-state index in [1.807, 2.05) is 11.9 Å². The number of hydrogen-bond acceptors (Lipinski definition) is 3. The van der Waals surface area contributed by atoms with E-state index in [9.17, 15) is 0 Å². The summed E-state index contributed by atoms with van der Waals surface area (Å²) in [7, 11) is 0. The Kier molecular flexibility index (Phi) is 15.3. The molecule has 0 saturated heterocycles. The maximum atomic E-state index is 5.73. The highest BCUT2D eigenvalue weighted by Crippen LogP contribution is 2.18. The van der Waals surface area contributed by atoms with Gasteiger partial charge < -0.3 is 4.90 Å². The highest BCUT2D eigenvalue weighted by Gasteiger charge is 2.14. The highest BCUT2D eigenvalue weighted by molar-refractivity contribution is 8.21. The van der Waals surface area contributed by atoms with Crippen LogP contribution in [0.4, 0.5) is 0 Å². The van der Waals surface area contributed by atoms with Gasteiger partial charge in [0.05, 0.1) is 0 Å². The largest absolute Gasteiger partial charge is 0.356 e. The first-order valence-electron chi connectivity index (χ1n) is 8.91. The summed E-state index contributed by atoms with van der Waals surface area (Å²) < 4.78 is 3.57. The number of hydrogen-bond donors (Lipinski definition) is 0. The van der Waals surface area contributed by atoms with Crippen LogP contribution in [0.2, 0.25) is 0 Å². The van der Waals surface area contributed by atoms with Gasteiger partial charge in [-0.1, -0.05) is 65.6 Å². The van der Waals surface area contributed by atoms with Gasteiger partial charge >= 0.3 is 0 Å². The molecule has 0 aliphatic heterocycles. The molecule has 4 heteroatoms. The molecule has 0 bridgehead atoms. The second kappa shape index (κ2) is 15.1. The van der Waals surface area contributed by atoms with Gasteiger partial charge in [-0.25, -0.2) is 4.31 Å². The third-order valence-corrected chi connectivity index (χ3v) is 5.07. The van der Waals surface area contributed by atoms with Crippen molar-refractivity contribution >= 4 is 28.5 Å². The lowest BCUT2D eigenvalue weighted by Gasteiger charge is -2.28. The normalized spacial score (nSPS) is 11.1. The van der Waals surface area contributed by atoms with E-state index >= 15 is 0 Å². The number of rotatable bonds is 13. The molecular weight excluding hydrogens is 296 g/mol. The van der Waals surface area contributed by atoms with Crippen molar-refractivity contribution in [2.45, 2.75) is 79.1 Å². The van der Waals surface area contributed by atoms with Crippen molar-refractivity contribution in [3.8, 4) is 0 Å². The molecule has 0 heterocycles. The Bertz CT molecular complexity index is 231. The van der Waals surface area contributed by atoms with Crippen molar-refractivity contribution in [3.63, 3.8) is 0 Å².